The molecule has 0 fully saturated rings. The molecule has 3 heteroatoms. The minimum atomic E-state index is -1.05. The molecule has 1 unspecified atom stereocenters. The van der Waals surface area contributed by atoms with Crippen LogP contribution in [0.25, 0.3) is 0 Å². The highest BCUT2D eigenvalue weighted by molar-refractivity contribution is 7.83. The van der Waals surface area contributed by atoms with Gasteiger partial charge in [-0.25, -0.2) is 4.21 Å². The Kier molecular flexibility index (Phi) is 4.82. The van der Waals surface area contributed by atoms with Gasteiger partial charge >= 0.3 is 0 Å². The maximum atomic E-state index is 11.5. The Hall–Kier alpha value is -0.180. The Morgan fingerprint density at radius 2 is 1.85 bits per heavy atom. The Morgan fingerprint density at radius 1 is 1.38 bits per heavy atom. The molecule has 0 saturated carbocycles. The van der Waals surface area contributed by atoms with E-state index in [0.717, 1.165) is 5.71 Å². The molecule has 0 rings (SSSR count). The van der Waals surface area contributed by atoms with Crippen molar-refractivity contribution >= 4 is 16.7 Å². The summed E-state index contributed by atoms with van der Waals surface area (Å²) < 4.78 is 15.6. The van der Waals surface area contributed by atoms with Crippen molar-refractivity contribution in [2.24, 2.45) is 15.7 Å². The van der Waals surface area contributed by atoms with Crippen molar-refractivity contribution in [2.45, 2.75) is 41.5 Å². The van der Waals surface area contributed by atoms with Gasteiger partial charge in [0.1, 0.15) is 11.0 Å². The van der Waals surface area contributed by atoms with Crippen LogP contribution in [-0.2, 0) is 11.0 Å². The number of rotatable bonds is 3. The smallest absolute Gasteiger partial charge is 0.139 e. The summed E-state index contributed by atoms with van der Waals surface area (Å²) in [5, 5.41) is 0. The summed E-state index contributed by atoms with van der Waals surface area (Å²) in [5.41, 5.74) is 1.06. The lowest BCUT2D eigenvalue weighted by molar-refractivity contribution is 0.474. The van der Waals surface area contributed by atoms with E-state index in [1.807, 2.05) is 6.92 Å². The topological polar surface area (TPSA) is 29.4 Å². The molecule has 78 valence electrons. The number of hydrogen-bond acceptors (Lipinski definition) is 1. The molecule has 0 heterocycles. The predicted molar refractivity (Wildman–Crippen MR) is 60.4 cm³/mol. The van der Waals surface area contributed by atoms with E-state index in [1.54, 1.807) is 0 Å². The van der Waals surface area contributed by atoms with Crippen molar-refractivity contribution in [1.29, 1.82) is 0 Å². The standard InChI is InChI=1S/C10H21NOS/c1-8(2)9(3)11-13(12)7-10(4,5)6/h8H,7H2,1-6H3/b11-9+. The fraction of sp³-hybridized carbons (Fsp3) is 0.900. The average molecular weight is 203 g/mol. The second kappa shape index (κ2) is 4.89. The zero-order valence-electron chi connectivity index (χ0n) is 9.55. The van der Waals surface area contributed by atoms with Crippen LogP contribution in [0.4, 0.5) is 0 Å². The normalized spacial score (nSPS) is 16.4. The second-order valence-electron chi connectivity index (χ2n) is 4.91. The Morgan fingerprint density at radius 3 is 2.15 bits per heavy atom. The predicted octanol–water partition coefficient (Wildman–Crippen LogP) is 2.81. The van der Waals surface area contributed by atoms with E-state index in [1.165, 1.54) is 0 Å². The maximum absolute atomic E-state index is 11.5. The molecule has 0 amide bonds. The van der Waals surface area contributed by atoms with Gasteiger partial charge in [-0.15, -0.1) is 0 Å². The van der Waals surface area contributed by atoms with Crippen LogP contribution in [0.15, 0.2) is 4.40 Å². The molecule has 0 aliphatic rings. The molecule has 0 spiro atoms. The van der Waals surface area contributed by atoms with Crippen molar-refractivity contribution in [1.82, 2.24) is 0 Å². The lowest BCUT2D eigenvalue weighted by Crippen LogP contribution is -2.16. The SMILES string of the molecule is C/C(=N\S(=O)CC(C)(C)C)C(C)C. The Labute approximate surface area is 84.4 Å². The summed E-state index contributed by atoms with van der Waals surface area (Å²) in [7, 11) is -1.05. The average Bonchev–Trinajstić information content (AvgIpc) is 1.81. The van der Waals surface area contributed by atoms with Crippen LogP contribution >= 0.6 is 0 Å². The highest BCUT2D eigenvalue weighted by Crippen LogP contribution is 2.15. The van der Waals surface area contributed by atoms with Crippen LogP contribution in [0.5, 0.6) is 0 Å². The molecule has 2 nitrogen and oxygen atoms in total. The zero-order chi connectivity index (χ0) is 10.6. The summed E-state index contributed by atoms with van der Waals surface area (Å²) in [5.74, 6) is 1.03. The monoisotopic (exact) mass is 203 g/mol. The molecule has 0 radical (unpaired) electrons. The third-order valence-electron chi connectivity index (χ3n) is 1.64. The van der Waals surface area contributed by atoms with Crippen LogP contribution in [0.1, 0.15) is 41.5 Å². The largest absolute Gasteiger partial charge is 0.235 e. The molecule has 0 bridgehead atoms. The van der Waals surface area contributed by atoms with Gasteiger partial charge in [-0.2, -0.15) is 4.40 Å². The summed E-state index contributed by atoms with van der Waals surface area (Å²) in [6.45, 7) is 12.3. The molecule has 0 aromatic heterocycles. The summed E-state index contributed by atoms with van der Waals surface area (Å²) in [4.78, 5) is 0. The first-order valence-corrected chi connectivity index (χ1v) is 5.93. The van der Waals surface area contributed by atoms with Gasteiger partial charge in [-0.1, -0.05) is 34.6 Å². The second-order valence-corrected chi connectivity index (χ2v) is 6.03. The van der Waals surface area contributed by atoms with E-state index in [-0.39, 0.29) is 5.41 Å². The highest BCUT2D eigenvalue weighted by Gasteiger charge is 2.14. The molecule has 0 aromatic carbocycles. The molecular weight excluding hydrogens is 182 g/mol. The molecule has 0 N–H and O–H groups in total. The fourth-order valence-corrected chi connectivity index (χ4v) is 2.01. The zero-order valence-corrected chi connectivity index (χ0v) is 10.4. The van der Waals surface area contributed by atoms with Gasteiger partial charge in [0, 0.05) is 11.5 Å². The molecule has 0 aliphatic carbocycles. The Balaban J connectivity index is 4.24. The third kappa shape index (κ3) is 6.94. The number of hydrogen-bond donors (Lipinski definition) is 0. The van der Waals surface area contributed by atoms with Crippen molar-refractivity contribution in [2.75, 3.05) is 5.75 Å². The van der Waals surface area contributed by atoms with Gasteiger partial charge in [0.15, 0.2) is 0 Å². The molecule has 13 heavy (non-hydrogen) atoms. The summed E-state index contributed by atoms with van der Waals surface area (Å²) in [6, 6.07) is 0. The lowest BCUT2D eigenvalue weighted by Gasteiger charge is -2.15. The molecule has 0 saturated heterocycles. The third-order valence-corrected chi connectivity index (χ3v) is 3.24. The quantitative estimate of drug-likeness (QED) is 0.649. The van der Waals surface area contributed by atoms with Crippen LogP contribution < -0.4 is 0 Å². The molecule has 0 aliphatic heterocycles. The minimum absolute atomic E-state index is 0.0889. The Bertz CT molecular complexity index is 213. The fourth-order valence-electron chi connectivity index (χ4n) is 0.669. The van der Waals surface area contributed by atoms with Crippen molar-refractivity contribution < 1.29 is 4.21 Å². The van der Waals surface area contributed by atoms with E-state index >= 15 is 0 Å². The molecule has 1 atom stereocenters. The van der Waals surface area contributed by atoms with Crippen molar-refractivity contribution in [3.63, 3.8) is 0 Å². The first kappa shape index (κ1) is 12.8. The van der Waals surface area contributed by atoms with Gasteiger partial charge in [-0.3, -0.25) is 0 Å². The lowest BCUT2D eigenvalue weighted by atomic mass is 10.0. The van der Waals surface area contributed by atoms with E-state index < -0.39 is 11.0 Å². The molecular formula is C10H21NOS. The number of nitrogens with zero attached hydrogens (tertiary/aromatic N) is 1. The summed E-state index contributed by atoms with van der Waals surface area (Å²) in [6.07, 6.45) is 0. The van der Waals surface area contributed by atoms with Crippen LogP contribution in [0.2, 0.25) is 0 Å². The first-order valence-electron chi connectivity index (χ1n) is 4.66. The van der Waals surface area contributed by atoms with E-state index in [4.69, 9.17) is 0 Å². The van der Waals surface area contributed by atoms with Crippen LogP contribution in [0, 0.1) is 11.3 Å². The van der Waals surface area contributed by atoms with Crippen LogP contribution in [-0.4, -0.2) is 15.7 Å². The van der Waals surface area contributed by atoms with Gasteiger partial charge in [0.25, 0.3) is 0 Å². The van der Waals surface area contributed by atoms with Crippen molar-refractivity contribution in [3.05, 3.63) is 0 Å². The van der Waals surface area contributed by atoms with Crippen molar-refractivity contribution in [3.8, 4) is 0 Å². The first-order chi connectivity index (χ1) is 5.72. The van der Waals surface area contributed by atoms with Gasteiger partial charge < -0.3 is 0 Å². The maximum Gasteiger partial charge on any atom is 0.139 e. The molecule has 0 aromatic rings. The van der Waals surface area contributed by atoms with Gasteiger partial charge in [0.05, 0.1) is 0 Å². The van der Waals surface area contributed by atoms with Gasteiger partial charge in [-0.05, 0) is 18.3 Å². The van der Waals surface area contributed by atoms with Crippen LogP contribution in [0.3, 0.4) is 0 Å². The van der Waals surface area contributed by atoms with E-state index in [9.17, 15) is 4.21 Å². The van der Waals surface area contributed by atoms with E-state index in [2.05, 4.69) is 39.0 Å². The van der Waals surface area contributed by atoms with E-state index in [0.29, 0.717) is 11.7 Å². The highest BCUT2D eigenvalue weighted by atomic mass is 32.2. The minimum Gasteiger partial charge on any atom is -0.235 e. The van der Waals surface area contributed by atoms with Gasteiger partial charge in [0.2, 0.25) is 0 Å². The summed E-state index contributed by atoms with van der Waals surface area (Å²) >= 11 is 0.